The third-order valence-corrected chi connectivity index (χ3v) is 3.00. The molecule has 1 rings (SSSR count). The lowest BCUT2D eigenvalue weighted by molar-refractivity contribution is -0.155. The molecule has 8 nitrogen and oxygen atoms in total. The van der Waals surface area contributed by atoms with Crippen LogP contribution in [0.4, 0.5) is 4.79 Å². The number of nitrogens with one attached hydrogen (secondary N) is 1. The van der Waals surface area contributed by atoms with Crippen molar-refractivity contribution in [1.82, 2.24) is 5.32 Å². The molecule has 0 aliphatic heterocycles. The topological polar surface area (TPSA) is 123 Å². The van der Waals surface area contributed by atoms with E-state index in [1.54, 1.807) is 27.7 Å². The number of nitrogens with two attached hydrogens (primary N) is 1. The number of ether oxygens (including phenoxy) is 1. The Morgan fingerprint density at radius 2 is 2.00 bits per heavy atom. The zero-order chi connectivity index (χ0) is 16.9. The predicted molar refractivity (Wildman–Crippen MR) is 79.9 cm³/mol. The van der Waals surface area contributed by atoms with Gasteiger partial charge in [0.05, 0.1) is 6.04 Å². The molecule has 2 atom stereocenters. The maximum atomic E-state index is 11.7. The summed E-state index contributed by atoms with van der Waals surface area (Å²) in [6.45, 7) is 6.86. The predicted octanol–water partition coefficient (Wildman–Crippen LogP) is 0.876. The second kappa shape index (κ2) is 7.44. The summed E-state index contributed by atoms with van der Waals surface area (Å²) in [6, 6.07) is -0.834. The van der Waals surface area contributed by atoms with Crippen molar-refractivity contribution in [2.24, 2.45) is 16.8 Å². The molecule has 1 aliphatic carbocycles. The van der Waals surface area contributed by atoms with E-state index in [1.807, 2.05) is 0 Å². The molecule has 1 unspecified atom stereocenters. The normalized spacial score (nSPS) is 18.3. The van der Waals surface area contributed by atoms with Gasteiger partial charge in [-0.25, -0.2) is 9.59 Å². The zero-order valence-corrected chi connectivity index (χ0v) is 13.5. The Balaban J connectivity index is 2.51. The van der Waals surface area contributed by atoms with E-state index in [4.69, 9.17) is 10.5 Å². The Morgan fingerprint density at radius 3 is 2.45 bits per heavy atom. The van der Waals surface area contributed by atoms with Crippen molar-refractivity contribution in [2.45, 2.75) is 64.7 Å². The monoisotopic (exact) mass is 315 g/mol. The highest BCUT2D eigenvalue weighted by molar-refractivity contribution is 5.85. The summed E-state index contributed by atoms with van der Waals surface area (Å²) in [4.78, 5) is 28.0. The molecule has 0 radical (unpaired) electrons. The molecule has 0 spiro atoms. The SMILES string of the molecule is CC[C@H](NC(=O)OC(C)(C)C)C(O)C(=O)ON=C(N)C1CC1. The standard InChI is InChI=1S/C14H25N3O5/c1-5-9(16-13(20)21-14(2,3)4)10(18)12(19)22-17-11(15)8-6-7-8/h8-10,18H,5-7H2,1-4H3,(H2,15,17)(H,16,20)/t9-,10?/m0/s1. The maximum absolute atomic E-state index is 11.7. The summed E-state index contributed by atoms with van der Waals surface area (Å²) in [5.41, 5.74) is 4.92. The van der Waals surface area contributed by atoms with Gasteiger partial charge in [0.25, 0.3) is 0 Å². The van der Waals surface area contributed by atoms with Gasteiger partial charge >= 0.3 is 12.1 Å². The summed E-state index contributed by atoms with van der Waals surface area (Å²) >= 11 is 0. The van der Waals surface area contributed by atoms with Crippen molar-refractivity contribution in [3.05, 3.63) is 0 Å². The van der Waals surface area contributed by atoms with E-state index in [1.165, 1.54) is 0 Å². The highest BCUT2D eigenvalue weighted by Gasteiger charge is 2.31. The average molecular weight is 315 g/mol. The van der Waals surface area contributed by atoms with Crippen LogP contribution in [0.15, 0.2) is 5.16 Å². The molecule has 0 aromatic rings. The van der Waals surface area contributed by atoms with Crippen LogP contribution >= 0.6 is 0 Å². The van der Waals surface area contributed by atoms with Crippen LogP contribution in [0.5, 0.6) is 0 Å². The number of carbonyl (C=O) groups is 2. The molecule has 8 heteroatoms. The number of hydrogen-bond donors (Lipinski definition) is 3. The van der Waals surface area contributed by atoms with Crippen LogP contribution in [-0.4, -0.2) is 40.8 Å². The number of rotatable bonds is 6. The number of alkyl carbamates (subject to hydrolysis) is 1. The number of aliphatic hydroxyl groups is 1. The minimum atomic E-state index is -1.55. The highest BCUT2D eigenvalue weighted by atomic mass is 16.7. The van der Waals surface area contributed by atoms with Crippen LogP contribution in [0.2, 0.25) is 0 Å². The van der Waals surface area contributed by atoms with Crippen molar-refractivity contribution in [3.8, 4) is 0 Å². The fourth-order valence-electron chi connectivity index (χ4n) is 1.63. The number of hydrogen-bond acceptors (Lipinski definition) is 6. The van der Waals surface area contributed by atoms with Gasteiger partial charge in [-0.15, -0.1) is 0 Å². The number of oxime groups is 1. The summed E-state index contributed by atoms with van der Waals surface area (Å²) in [5.74, 6) is -0.563. The Labute approximate surface area is 130 Å². The smallest absolute Gasteiger partial charge is 0.407 e. The lowest BCUT2D eigenvalue weighted by atomic mass is 10.1. The quantitative estimate of drug-likeness (QED) is 0.289. The summed E-state index contributed by atoms with van der Waals surface area (Å²) in [6.07, 6.45) is -0.0990. The third kappa shape index (κ3) is 6.30. The number of amides is 1. The number of nitrogens with zero attached hydrogens (tertiary/aromatic N) is 1. The molecule has 1 amide bonds. The van der Waals surface area contributed by atoms with Crippen LogP contribution < -0.4 is 11.1 Å². The number of carbonyl (C=O) groups excluding carboxylic acids is 2. The van der Waals surface area contributed by atoms with Gasteiger partial charge in [0.15, 0.2) is 6.10 Å². The van der Waals surface area contributed by atoms with Gasteiger partial charge in [-0.1, -0.05) is 12.1 Å². The molecule has 1 fully saturated rings. The van der Waals surface area contributed by atoms with Gasteiger partial charge in [0.2, 0.25) is 0 Å². The van der Waals surface area contributed by atoms with E-state index >= 15 is 0 Å². The summed E-state index contributed by atoms with van der Waals surface area (Å²) in [7, 11) is 0. The van der Waals surface area contributed by atoms with Crippen molar-refractivity contribution < 1.29 is 24.3 Å². The summed E-state index contributed by atoms with van der Waals surface area (Å²) < 4.78 is 5.08. The largest absolute Gasteiger partial charge is 0.444 e. The van der Waals surface area contributed by atoms with Crippen molar-refractivity contribution in [1.29, 1.82) is 0 Å². The highest BCUT2D eigenvalue weighted by Crippen LogP contribution is 2.28. The van der Waals surface area contributed by atoms with Crippen molar-refractivity contribution in [2.75, 3.05) is 0 Å². The second-order valence-electron chi connectivity index (χ2n) is 6.31. The molecular weight excluding hydrogens is 290 g/mol. The molecule has 1 aliphatic rings. The Morgan fingerprint density at radius 1 is 1.41 bits per heavy atom. The minimum Gasteiger partial charge on any atom is -0.444 e. The minimum absolute atomic E-state index is 0.159. The van der Waals surface area contributed by atoms with Crippen LogP contribution in [0.25, 0.3) is 0 Å². The fraction of sp³-hybridized carbons (Fsp3) is 0.786. The third-order valence-electron chi connectivity index (χ3n) is 3.00. The second-order valence-corrected chi connectivity index (χ2v) is 6.31. The molecule has 0 bridgehead atoms. The molecule has 4 N–H and O–H groups in total. The molecule has 0 heterocycles. The van der Waals surface area contributed by atoms with Gasteiger partial charge in [0, 0.05) is 5.92 Å². The first-order valence-electron chi connectivity index (χ1n) is 7.35. The van der Waals surface area contributed by atoms with E-state index in [9.17, 15) is 14.7 Å². The molecule has 22 heavy (non-hydrogen) atoms. The van der Waals surface area contributed by atoms with Crippen LogP contribution in [0.1, 0.15) is 47.0 Å². The zero-order valence-electron chi connectivity index (χ0n) is 13.5. The molecular formula is C14H25N3O5. The Hall–Kier alpha value is -1.83. The summed E-state index contributed by atoms with van der Waals surface area (Å²) in [5, 5.41) is 15.9. The van der Waals surface area contributed by atoms with Gasteiger partial charge in [0.1, 0.15) is 11.4 Å². The first kappa shape index (κ1) is 18.2. The van der Waals surface area contributed by atoms with Crippen LogP contribution in [0, 0.1) is 5.92 Å². The van der Waals surface area contributed by atoms with E-state index in [-0.39, 0.29) is 11.8 Å². The lowest BCUT2D eigenvalue weighted by Gasteiger charge is -2.24. The first-order chi connectivity index (χ1) is 10.1. The van der Waals surface area contributed by atoms with Gasteiger partial charge in [-0.3, -0.25) is 0 Å². The first-order valence-corrected chi connectivity index (χ1v) is 7.35. The van der Waals surface area contributed by atoms with E-state index in [2.05, 4.69) is 15.3 Å². The molecule has 1 saturated carbocycles. The van der Waals surface area contributed by atoms with Gasteiger partial charge < -0.3 is 25.7 Å². The Bertz CT molecular complexity index is 440. The average Bonchev–Trinajstić information content (AvgIpc) is 3.23. The molecule has 0 aromatic heterocycles. The van der Waals surface area contributed by atoms with E-state index < -0.39 is 29.8 Å². The lowest BCUT2D eigenvalue weighted by Crippen LogP contribution is -2.48. The fourth-order valence-corrected chi connectivity index (χ4v) is 1.63. The number of aliphatic hydroxyl groups excluding tert-OH is 1. The van der Waals surface area contributed by atoms with E-state index in [0.29, 0.717) is 6.42 Å². The molecule has 0 saturated heterocycles. The number of amidine groups is 1. The molecule has 0 aromatic carbocycles. The van der Waals surface area contributed by atoms with E-state index in [0.717, 1.165) is 12.8 Å². The maximum Gasteiger partial charge on any atom is 0.407 e. The van der Waals surface area contributed by atoms with Crippen LogP contribution in [-0.2, 0) is 14.4 Å². The van der Waals surface area contributed by atoms with Crippen LogP contribution in [0.3, 0.4) is 0 Å². The Kier molecular flexibility index (Phi) is 6.16. The molecule has 126 valence electrons. The van der Waals surface area contributed by atoms with Gasteiger partial charge in [-0.2, -0.15) is 0 Å². The van der Waals surface area contributed by atoms with Gasteiger partial charge in [-0.05, 0) is 40.0 Å². The van der Waals surface area contributed by atoms with Crippen molar-refractivity contribution >= 4 is 17.9 Å². The van der Waals surface area contributed by atoms with Crippen molar-refractivity contribution in [3.63, 3.8) is 0 Å².